The molecule has 0 saturated carbocycles. The van der Waals surface area contributed by atoms with Crippen LogP contribution in [0.1, 0.15) is 42.6 Å². The van der Waals surface area contributed by atoms with Crippen LogP contribution in [-0.2, 0) is 17.8 Å². The molecule has 1 saturated heterocycles. The molecule has 1 aliphatic heterocycles. The van der Waals surface area contributed by atoms with Crippen LogP contribution in [0.2, 0.25) is 0 Å². The number of benzene rings is 2. The van der Waals surface area contributed by atoms with E-state index in [9.17, 15) is 9.59 Å². The number of carbonyl (C=O) groups is 1. The Balaban J connectivity index is 1.20. The Bertz CT molecular complexity index is 1100. The number of carbonyl (C=O) groups excluding carboxylic acids is 1. The van der Waals surface area contributed by atoms with Crippen LogP contribution in [0.15, 0.2) is 53.3 Å². The van der Waals surface area contributed by atoms with E-state index in [1.165, 1.54) is 11.1 Å². The van der Waals surface area contributed by atoms with Crippen molar-refractivity contribution < 1.29 is 4.79 Å². The van der Waals surface area contributed by atoms with Gasteiger partial charge in [-0.25, -0.2) is 4.98 Å². The molecule has 3 aromatic rings. The maximum atomic E-state index is 12.4. The van der Waals surface area contributed by atoms with E-state index in [-0.39, 0.29) is 17.5 Å². The fraction of sp³-hybridized carbons (Fsp3) is 0.400. The van der Waals surface area contributed by atoms with E-state index in [0.29, 0.717) is 36.0 Å². The minimum absolute atomic E-state index is 0.0838. The molecule has 0 unspecified atom stereocenters. The van der Waals surface area contributed by atoms with Crippen LogP contribution in [0.3, 0.4) is 0 Å². The average Bonchev–Trinajstić information content (AvgIpc) is 2.77. The molecule has 0 bridgehead atoms. The Morgan fingerprint density at radius 1 is 1.13 bits per heavy atom. The van der Waals surface area contributed by atoms with E-state index >= 15 is 0 Å². The van der Waals surface area contributed by atoms with E-state index in [0.717, 1.165) is 32.5 Å². The van der Waals surface area contributed by atoms with Crippen molar-refractivity contribution >= 4 is 16.8 Å². The molecule has 0 radical (unpaired) electrons. The fourth-order valence-electron chi connectivity index (χ4n) is 4.23. The molecular weight excluding hydrogens is 388 g/mol. The summed E-state index contributed by atoms with van der Waals surface area (Å²) in [5, 5.41) is 3.78. The molecule has 1 fully saturated rings. The summed E-state index contributed by atoms with van der Waals surface area (Å²) in [6, 6.07) is 16.1. The second-order valence-electron chi connectivity index (χ2n) is 8.43. The lowest BCUT2D eigenvalue weighted by Gasteiger charge is -2.32. The first kappa shape index (κ1) is 21.2. The van der Waals surface area contributed by atoms with Gasteiger partial charge >= 0.3 is 0 Å². The average molecular weight is 419 g/mol. The van der Waals surface area contributed by atoms with E-state index < -0.39 is 0 Å². The van der Waals surface area contributed by atoms with Crippen molar-refractivity contribution in [2.45, 2.75) is 51.6 Å². The Kier molecular flexibility index (Phi) is 6.77. The van der Waals surface area contributed by atoms with Crippen LogP contribution in [0.5, 0.6) is 0 Å². The van der Waals surface area contributed by atoms with Gasteiger partial charge in [0.05, 0.1) is 10.9 Å². The van der Waals surface area contributed by atoms with Gasteiger partial charge in [-0.3, -0.25) is 14.5 Å². The number of rotatable bonds is 7. The number of hydrogen-bond acceptors (Lipinski definition) is 4. The molecule has 1 aromatic heterocycles. The van der Waals surface area contributed by atoms with Crippen LogP contribution >= 0.6 is 0 Å². The number of aryl methyl sites for hydroxylation is 2. The summed E-state index contributed by atoms with van der Waals surface area (Å²) in [5.41, 5.74) is 3.29. The highest BCUT2D eigenvalue weighted by atomic mass is 16.1. The van der Waals surface area contributed by atoms with Crippen LogP contribution in [0, 0.1) is 6.92 Å². The number of para-hydroxylation sites is 1. The minimum Gasteiger partial charge on any atom is -0.353 e. The highest BCUT2D eigenvalue weighted by Crippen LogP contribution is 2.16. The van der Waals surface area contributed by atoms with Gasteiger partial charge < -0.3 is 10.3 Å². The number of fused-ring (bicyclic) bond motifs is 1. The van der Waals surface area contributed by atoms with Gasteiger partial charge in [-0.2, -0.15) is 0 Å². The van der Waals surface area contributed by atoms with E-state index in [4.69, 9.17) is 0 Å². The largest absolute Gasteiger partial charge is 0.353 e. The van der Waals surface area contributed by atoms with Crippen molar-refractivity contribution in [3.63, 3.8) is 0 Å². The van der Waals surface area contributed by atoms with Gasteiger partial charge in [-0.05, 0) is 49.4 Å². The number of piperidine rings is 1. The zero-order valence-electron chi connectivity index (χ0n) is 18.1. The Labute approximate surface area is 182 Å². The molecule has 4 rings (SSSR count). The summed E-state index contributed by atoms with van der Waals surface area (Å²) in [4.78, 5) is 34.3. The molecule has 6 heteroatoms. The molecule has 0 aliphatic carbocycles. The van der Waals surface area contributed by atoms with Crippen LogP contribution in [0.4, 0.5) is 0 Å². The molecule has 6 nitrogen and oxygen atoms in total. The van der Waals surface area contributed by atoms with Crippen molar-refractivity contribution in [3.05, 3.63) is 75.8 Å². The number of hydrogen-bond donors (Lipinski definition) is 2. The van der Waals surface area contributed by atoms with Crippen LogP contribution < -0.4 is 10.9 Å². The van der Waals surface area contributed by atoms with Gasteiger partial charge in [-0.15, -0.1) is 0 Å². The second kappa shape index (κ2) is 9.88. The maximum Gasteiger partial charge on any atom is 0.258 e. The Morgan fingerprint density at radius 3 is 2.68 bits per heavy atom. The summed E-state index contributed by atoms with van der Waals surface area (Å²) >= 11 is 0. The first-order chi connectivity index (χ1) is 15.1. The quantitative estimate of drug-likeness (QED) is 0.617. The van der Waals surface area contributed by atoms with Crippen molar-refractivity contribution in [3.8, 4) is 0 Å². The van der Waals surface area contributed by atoms with Gasteiger partial charge in [0.2, 0.25) is 5.91 Å². The lowest BCUT2D eigenvalue weighted by Crippen LogP contribution is -2.44. The van der Waals surface area contributed by atoms with Crippen molar-refractivity contribution in [1.82, 2.24) is 20.2 Å². The Hall–Kier alpha value is -2.99. The summed E-state index contributed by atoms with van der Waals surface area (Å²) in [7, 11) is 0. The lowest BCUT2D eigenvalue weighted by molar-refractivity contribution is -0.122. The normalized spacial score (nSPS) is 15.3. The minimum atomic E-state index is -0.123. The number of aromatic amines is 1. The number of likely N-dealkylation sites (tertiary alicyclic amines) is 1. The molecule has 2 heterocycles. The molecule has 162 valence electrons. The van der Waals surface area contributed by atoms with Crippen molar-refractivity contribution in [2.75, 3.05) is 13.1 Å². The Morgan fingerprint density at radius 2 is 1.87 bits per heavy atom. The van der Waals surface area contributed by atoms with Gasteiger partial charge in [0, 0.05) is 38.5 Å². The zero-order valence-corrected chi connectivity index (χ0v) is 18.1. The molecule has 1 aliphatic rings. The van der Waals surface area contributed by atoms with Crippen LogP contribution in [0.25, 0.3) is 10.9 Å². The predicted molar refractivity (Wildman–Crippen MR) is 123 cm³/mol. The van der Waals surface area contributed by atoms with Gasteiger partial charge in [0.25, 0.3) is 5.56 Å². The van der Waals surface area contributed by atoms with E-state index in [1.54, 1.807) is 6.07 Å². The molecule has 31 heavy (non-hydrogen) atoms. The molecule has 2 aromatic carbocycles. The van der Waals surface area contributed by atoms with Gasteiger partial charge in [-0.1, -0.05) is 36.4 Å². The molecule has 0 spiro atoms. The summed E-state index contributed by atoms with van der Waals surface area (Å²) < 4.78 is 0. The van der Waals surface area contributed by atoms with Crippen LogP contribution in [-0.4, -0.2) is 39.9 Å². The van der Waals surface area contributed by atoms with E-state index in [1.807, 2.05) is 18.2 Å². The van der Waals surface area contributed by atoms with Gasteiger partial charge in [0.1, 0.15) is 5.82 Å². The third kappa shape index (κ3) is 5.58. The predicted octanol–water partition coefficient (Wildman–Crippen LogP) is 3.34. The number of nitrogens with one attached hydrogen (secondary N) is 2. The lowest BCUT2D eigenvalue weighted by atomic mass is 10.0. The molecule has 0 atom stereocenters. The van der Waals surface area contributed by atoms with Gasteiger partial charge in [0.15, 0.2) is 0 Å². The third-order valence-corrected chi connectivity index (χ3v) is 6.09. The highest BCUT2D eigenvalue weighted by molar-refractivity contribution is 5.77. The number of nitrogens with zero attached hydrogens (tertiary/aromatic N) is 2. The summed E-state index contributed by atoms with van der Waals surface area (Å²) in [6.07, 6.45) is 3.66. The summed E-state index contributed by atoms with van der Waals surface area (Å²) in [5.74, 6) is 0.724. The highest BCUT2D eigenvalue weighted by Gasteiger charge is 2.21. The van der Waals surface area contributed by atoms with E-state index in [2.05, 4.69) is 51.4 Å². The smallest absolute Gasteiger partial charge is 0.258 e. The summed E-state index contributed by atoms with van der Waals surface area (Å²) in [6.45, 7) is 5.14. The monoisotopic (exact) mass is 418 g/mol. The van der Waals surface area contributed by atoms with Crippen molar-refractivity contribution in [1.29, 1.82) is 0 Å². The first-order valence-electron chi connectivity index (χ1n) is 11.1. The first-order valence-corrected chi connectivity index (χ1v) is 11.1. The topological polar surface area (TPSA) is 78.1 Å². The fourth-order valence-corrected chi connectivity index (χ4v) is 4.23. The molecule has 2 N–H and O–H groups in total. The number of H-pyrrole nitrogens is 1. The molecule has 1 amide bonds. The van der Waals surface area contributed by atoms with Crippen molar-refractivity contribution in [2.24, 2.45) is 0 Å². The molecular formula is C25H30N4O2. The third-order valence-electron chi connectivity index (χ3n) is 6.09. The maximum absolute atomic E-state index is 12.4. The number of aromatic nitrogens is 2. The second-order valence-corrected chi connectivity index (χ2v) is 8.43. The standard InChI is InChI=1S/C25H30N4O2/c1-18-7-2-3-8-19(18)17-29-15-13-20(14-16-29)26-24(30)12-6-11-23-27-22-10-5-4-9-21(22)25(31)28-23/h2-5,7-10,20H,6,11-17H2,1H3,(H,26,30)(H,27,28,31). The zero-order chi connectivity index (χ0) is 21.6. The SMILES string of the molecule is Cc1ccccc1CN1CCC(NC(=O)CCCc2nc3ccccc3c(=O)[nH]2)CC1. The number of amides is 1.